The number of benzene rings is 1. The number of carbonyl (C=O) groups is 1. The number of aryl methyl sites for hydroxylation is 1. The van der Waals surface area contributed by atoms with Crippen LogP contribution in [0, 0.1) is 12.7 Å². The highest BCUT2D eigenvalue weighted by Gasteiger charge is 2.36. The van der Waals surface area contributed by atoms with Crippen LogP contribution in [0.3, 0.4) is 0 Å². The number of likely N-dealkylation sites (tertiary alicyclic amines) is 1. The number of piperidine rings is 1. The first kappa shape index (κ1) is 29.1. The quantitative estimate of drug-likeness (QED) is 0.360. The fourth-order valence-corrected chi connectivity index (χ4v) is 4.88. The number of nitrogens with zero attached hydrogens (tertiary/aromatic N) is 4. The molecule has 1 amide bonds. The number of hydrogen-bond donors (Lipinski definition) is 1. The van der Waals surface area contributed by atoms with Gasteiger partial charge in [-0.1, -0.05) is 24.3 Å². The summed E-state index contributed by atoms with van der Waals surface area (Å²) in [4.78, 5) is 36.3. The summed E-state index contributed by atoms with van der Waals surface area (Å²) < 4.78 is 48.7. The summed E-state index contributed by atoms with van der Waals surface area (Å²) in [6.45, 7) is 13.6. The zero-order valence-electron chi connectivity index (χ0n) is 23.3. The molecule has 1 aliphatic heterocycles. The summed E-state index contributed by atoms with van der Waals surface area (Å²) in [7, 11) is 0. The third-order valence-electron chi connectivity index (χ3n) is 7.07. The van der Waals surface area contributed by atoms with Crippen molar-refractivity contribution in [1.82, 2.24) is 19.4 Å². The highest BCUT2D eigenvalue weighted by molar-refractivity contribution is 5.88. The number of amides is 1. The van der Waals surface area contributed by atoms with Gasteiger partial charge in [-0.05, 0) is 47.5 Å². The van der Waals surface area contributed by atoms with E-state index in [4.69, 9.17) is 4.74 Å². The monoisotopic (exact) mass is 557 g/mol. The number of anilines is 1. The van der Waals surface area contributed by atoms with Crippen LogP contribution in [0.1, 0.15) is 70.0 Å². The molecule has 11 heteroatoms. The summed E-state index contributed by atoms with van der Waals surface area (Å²) in [5.74, 6) is -0.349. The summed E-state index contributed by atoms with van der Waals surface area (Å²) >= 11 is 0. The minimum absolute atomic E-state index is 0.00739. The van der Waals surface area contributed by atoms with Gasteiger partial charge in [0.05, 0.1) is 22.5 Å². The second kappa shape index (κ2) is 10.9. The Morgan fingerprint density at radius 2 is 1.85 bits per heavy atom. The summed E-state index contributed by atoms with van der Waals surface area (Å²) in [5, 5.41) is 3.60. The van der Waals surface area contributed by atoms with Crippen LogP contribution in [-0.2, 0) is 10.3 Å². The predicted molar refractivity (Wildman–Crippen MR) is 147 cm³/mol. The maximum atomic E-state index is 15.0. The van der Waals surface area contributed by atoms with Crippen LogP contribution >= 0.6 is 0 Å². The van der Waals surface area contributed by atoms with Crippen molar-refractivity contribution in [3.8, 4) is 0 Å². The van der Waals surface area contributed by atoms with E-state index in [9.17, 15) is 22.8 Å². The molecule has 1 fully saturated rings. The van der Waals surface area contributed by atoms with E-state index in [1.54, 1.807) is 22.6 Å². The molecule has 1 saturated heterocycles. The van der Waals surface area contributed by atoms with Crippen LogP contribution in [0.2, 0.25) is 0 Å². The van der Waals surface area contributed by atoms with E-state index in [1.807, 2.05) is 27.7 Å². The molecule has 0 bridgehead atoms. The molecule has 0 radical (unpaired) electrons. The predicted octanol–water partition coefficient (Wildman–Crippen LogP) is 6.26. The first-order valence-corrected chi connectivity index (χ1v) is 13.1. The Kier molecular flexibility index (Phi) is 7.96. The summed E-state index contributed by atoms with van der Waals surface area (Å²) in [6, 6.07) is 4.35. The lowest BCUT2D eigenvalue weighted by Crippen LogP contribution is -2.50. The Bertz CT molecular complexity index is 1490. The number of alkyl halides is 2. The highest BCUT2D eigenvalue weighted by Crippen LogP contribution is 2.33. The SMILES string of the molecule is C=C[C@@H](Nc1nc(C)nc2cc(=O)n(C3(C)CCN(C(=O)OC(C)(C)C)CC3)cc12)c1cccc(C(F)F)c1F. The third kappa shape index (κ3) is 5.97. The van der Waals surface area contributed by atoms with E-state index in [1.165, 1.54) is 24.3 Å². The van der Waals surface area contributed by atoms with Crippen LogP contribution in [0.4, 0.5) is 23.8 Å². The molecule has 3 aromatic rings. The van der Waals surface area contributed by atoms with Gasteiger partial charge >= 0.3 is 6.09 Å². The van der Waals surface area contributed by atoms with Crippen LogP contribution in [0.5, 0.6) is 0 Å². The fraction of sp³-hybridized carbons (Fsp3) is 0.448. The minimum Gasteiger partial charge on any atom is -0.444 e. The average molecular weight is 558 g/mol. The normalized spacial score (nSPS) is 16.2. The molecule has 40 heavy (non-hydrogen) atoms. The molecule has 1 aromatic carbocycles. The molecular formula is C29H34F3N5O3. The number of aromatic nitrogens is 3. The van der Waals surface area contributed by atoms with Crippen molar-refractivity contribution in [2.24, 2.45) is 0 Å². The molecule has 1 atom stereocenters. The first-order chi connectivity index (χ1) is 18.7. The van der Waals surface area contributed by atoms with Crippen molar-refractivity contribution in [2.75, 3.05) is 18.4 Å². The van der Waals surface area contributed by atoms with Crippen molar-refractivity contribution < 1.29 is 22.7 Å². The number of carbonyl (C=O) groups excluding carboxylic acids is 1. The second-order valence-electron chi connectivity index (χ2n) is 11.3. The Balaban J connectivity index is 1.69. The smallest absolute Gasteiger partial charge is 0.410 e. The van der Waals surface area contributed by atoms with Gasteiger partial charge in [0.15, 0.2) is 0 Å². The van der Waals surface area contributed by atoms with Gasteiger partial charge in [0.25, 0.3) is 12.0 Å². The van der Waals surface area contributed by atoms with Gasteiger partial charge in [0.1, 0.15) is 23.1 Å². The molecule has 1 aliphatic rings. The van der Waals surface area contributed by atoms with Crippen LogP contribution in [0.25, 0.3) is 10.9 Å². The summed E-state index contributed by atoms with van der Waals surface area (Å²) in [6.07, 6.45) is 0.719. The van der Waals surface area contributed by atoms with Crippen LogP contribution in [-0.4, -0.2) is 44.2 Å². The molecular weight excluding hydrogens is 523 g/mol. The first-order valence-electron chi connectivity index (χ1n) is 13.1. The van der Waals surface area contributed by atoms with Gasteiger partial charge in [-0.3, -0.25) is 4.79 Å². The van der Waals surface area contributed by atoms with Crippen molar-refractivity contribution >= 4 is 22.8 Å². The number of hydrogen-bond acceptors (Lipinski definition) is 6. The average Bonchev–Trinajstić information content (AvgIpc) is 2.86. The van der Waals surface area contributed by atoms with E-state index >= 15 is 0 Å². The maximum absolute atomic E-state index is 15.0. The van der Waals surface area contributed by atoms with E-state index in [0.29, 0.717) is 48.5 Å². The Morgan fingerprint density at radius 3 is 2.45 bits per heavy atom. The number of halogens is 3. The lowest BCUT2D eigenvalue weighted by atomic mass is 9.89. The molecule has 1 N–H and O–H groups in total. The van der Waals surface area contributed by atoms with Crippen molar-refractivity contribution in [1.29, 1.82) is 0 Å². The van der Waals surface area contributed by atoms with Gasteiger partial charge in [-0.15, -0.1) is 6.58 Å². The Labute approximate surface area is 230 Å². The fourth-order valence-electron chi connectivity index (χ4n) is 4.88. The molecule has 4 rings (SSSR count). The maximum Gasteiger partial charge on any atom is 0.410 e. The molecule has 0 saturated carbocycles. The van der Waals surface area contributed by atoms with E-state index in [0.717, 1.165) is 6.07 Å². The topological polar surface area (TPSA) is 89.4 Å². The second-order valence-corrected chi connectivity index (χ2v) is 11.3. The number of ether oxygens (including phenoxy) is 1. The van der Waals surface area contributed by atoms with Crippen molar-refractivity contribution in [3.05, 3.63) is 76.2 Å². The lowest BCUT2D eigenvalue weighted by Gasteiger charge is -2.41. The summed E-state index contributed by atoms with van der Waals surface area (Å²) in [5.41, 5.74) is -1.80. The minimum atomic E-state index is -2.97. The van der Waals surface area contributed by atoms with E-state index < -0.39 is 41.1 Å². The zero-order valence-corrected chi connectivity index (χ0v) is 23.3. The van der Waals surface area contributed by atoms with Crippen molar-refractivity contribution in [2.45, 2.75) is 71.1 Å². The molecule has 8 nitrogen and oxygen atoms in total. The van der Waals surface area contributed by atoms with Gasteiger partial charge in [0.2, 0.25) is 0 Å². The molecule has 0 aliphatic carbocycles. The van der Waals surface area contributed by atoms with Gasteiger partial charge in [-0.2, -0.15) is 0 Å². The highest BCUT2D eigenvalue weighted by atomic mass is 19.3. The Morgan fingerprint density at radius 1 is 1.20 bits per heavy atom. The van der Waals surface area contributed by atoms with Crippen molar-refractivity contribution in [3.63, 3.8) is 0 Å². The number of fused-ring (bicyclic) bond motifs is 1. The van der Waals surface area contributed by atoms with Crippen LogP contribution in [0.15, 0.2) is 47.9 Å². The molecule has 2 aromatic heterocycles. The molecule has 0 unspecified atom stereocenters. The van der Waals surface area contributed by atoms with Gasteiger partial charge in [0, 0.05) is 36.5 Å². The molecule has 214 valence electrons. The standard InChI is InChI=1S/C29H34F3N5O3/c1-7-21(18-9-8-10-19(24(18)30)25(31)32)35-26-20-16-37(23(38)15-22(20)33-17(2)34-26)29(6)11-13-36(14-12-29)27(39)40-28(3,4)5/h7-10,15-16,21,25H,1,11-14H2,2-6H3,(H,33,34,35)/t21-/m1/s1. The third-order valence-corrected chi connectivity index (χ3v) is 7.07. The van der Waals surface area contributed by atoms with E-state index in [-0.39, 0.29) is 11.1 Å². The zero-order chi connectivity index (χ0) is 29.4. The molecule has 3 heterocycles. The number of pyridine rings is 1. The molecule has 0 spiro atoms. The van der Waals surface area contributed by atoms with E-state index in [2.05, 4.69) is 21.9 Å². The largest absolute Gasteiger partial charge is 0.444 e. The van der Waals surface area contributed by atoms with Crippen LogP contribution < -0.4 is 10.9 Å². The number of nitrogens with one attached hydrogen (secondary N) is 1. The lowest BCUT2D eigenvalue weighted by molar-refractivity contribution is 0.0128. The Hall–Kier alpha value is -3.89. The van der Waals surface area contributed by atoms with Gasteiger partial charge in [-0.25, -0.2) is 27.9 Å². The number of rotatable bonds is 6. The van der Waals surface area contributed by atoms with Gasteiger partial charge < -0.3 is 19.5 Å².